The van der Waals surface area contributed by atoms with E-state index in [1.165, 1.54) is 18.9 Å². The number of hydrogen-bond donors (Lipinski definition) is 1. The van der Waals surface area contributed by atoms with E-state index in [2.05, 4.69) is 5.32 Å². The number of nitrogens with zero attached hydrogens (tertiary/aromatic N) is 2. The number of imide groups is 1. The molecule has 1 unspecified atom stereocenters. The second-order valence-electron chi connectivity index (χ2n) is 8.67. The first-order valence-electron chi connectivity index (χ1n) is 11.5. The van der Waals surface area contributed by atoms with Gasteiger partial charge in [0.1, 0.15) is 11.8 Å². The predicted molar refractivity (Wildman–Crippen MR) is 136 cm³/mol. The highest BCUT2D eigenvalue weighted by atomic mass is 16.5. The zero-order valence-electron chi connectivity index (χ0n) is 20.4. The quantitative estimate of drug-likeness (QED) is 0.512. The molecule has 0 spiro atoms. The molecule has 184 valence electrons. The third-order valence-electron chi connectivity index (χ3n) is 6.00. The van der Waals surface area contributed by atoms with Crippen LogP contribution in [0.2, 0.25) is 0 Å². The molecule has 1 fully saturated rings. The third kappa shape index (κ3) is 5.27. The number of anilines is 2. The molecule has 8 heteroatoms. The van der Waals surface area contributed by atoms with Crippen LogP contribution in [0.15, 0.2) is 72.8 Å². The minimum Gasteiger partial charge on any atom is -0.497 e. The maximum Gasteiger partial charge on any atom is 0.257 e. The third-order valence-corrected chi connectivity index (χ3v) is 6.00. The van der Waals surface area contributed by atoms with E-state index in [1.807, 2.05) is 31.2 Å². The Labute approximate surface area is 209 Å². The highest BCUT2D eigenvalue weighted by Gasteiger charge is 2.44. The van der Waals surface area contributed by atoms with Crippen molar-refractivity contribution in [2.75, 3.05) is 17.3 Å². The maximum atomic E-state index is 13.7. The van der Waals surface area contributed by atoms with Crippen LogP contribution in [0, 0.1) is 6.92 Å². The van der Waals surface area contributed by atoms with E-state index in [0.717, 1.165) is 16.0 Å². The number of methoxy groups -OCH3 is 1. The highest BCUT2D eigenvalue weighted by molar-refractivity contribution is 6.23. The number of ether oxygens (including phenoxy) is 1. The molecule has 0 radical (unpaired) electrons. The molecule has 8 nitrogen and oxygen atoms in total. The lowest BCUT2D eigenvalue weighted by Crippen LogP contribution is -2.45. The first-order valence-corrected chi connectivity index (χ1v) is 11.5. The van der Waals surface area contributed by atoms with Gasteiger partial charge >= 0.3 is 0 Å². The van der Waals surface area contributed by atoms with Crippen molar-refractivity contribution < 1.29 is 23.9 Å². The fourth-order valence-electron chi connectivity index (χ4n) is 4.16. The lowest BCUT2D eigenvalue weighted by Gasteiger charge is -2.28. The molecule has 1 heterocycles. The van der Waals surface area contributed by atoms with Gasteiger partial charge in [-0.25, -0.2) is 4.90 Å². The topological polar surface area (TPSA) is 96.0 Å². The van der Waals surface area contributed by atoms with Crippen molar-refractivity contribution in [1.82, 2.24) is 4.90 Å². The number of rotatable bonds is 7. The van der Waals surface area contributed by atoms with Crippen molar-refractivity contribution in [3.05, 3.63) is 89.5 Å². The summed E-state index contributed by atoms with van der Waals surface area (Å²) in [4.78, 5) is 54.0. The van der Waals surface area contributed by atoms with Crippen LogP contribution < -0.4 is 15.0 Å². The Kier molecular flexibility index (Phi) is 7.15. The van der Waals surface area contributed by atoms with Gasteiger partial charge in [-0.3, -0.25) is 19.2 Å². The zero-order chi connectivity index (χ0) is 25.8. The molecule has 0 aliphatic carbocycles. The van der Waals surface area contributed by atoms with E-state index in [-0.39, 0.29) is 24.8 Å². The number of carbonyl (C=O) groups is 4. The number of carbonyl (C=O) groups excluding carboxylic acids is 4. The molecule has 4 amide bonds. The molecule has 36 heavy (non-hydrogen) atoms. The summed E-state index contributed by atoms with van der Waals surface area (Å²) in [6.45, 7) is 3.53. The summed E-state index contributed by atoms with van der Waals surface area (Å²) >= 11 is 0. The van der Waals surface area contributed by atoms with Crippen LogP contribution in [-0.4, -0.2) is 41.7 Å². The molecule has 1 aliphatic rings. The minimum atomic E-state index is -0.965. The van der Waals surface area contributed by atoms with Crippen LogP contribution in [0.5, 0.6) is 5.75 Å². The molecular formula is C28H27N3O5. The van der Waals surface area contributed by atoms with Gasteiger partial charge in [0.05, 0.1) is 19.2 Å². The van der Waals surface area contributed by atoms with Gasteiger partial charge in [-0.1, -0.05) is 35.9 Å². The molecule has 0 bridgehead atoms. The molecule has 4 rings (SSSR count). The van der Waals surface area contributed by atoms with Gasteiger partial charge in [0, 0.05) is 24.7 Å². The Balaban J connectivity index is 1.65. The standard InChI is InChI=1S/C28H27N3O5/c1-18-7-9-20(10-8-18)17-30(27(34)21-5-4-6-24(15-21)36-3)25-16-26(33)31(28(25)35)23-13-11-22(12-14-23)29-19(2)32/h4-15,25H,16-17H2,1-3H3,(H,29,32). The maximum absolute atomic E-state index is 13.7. The molecule has 3 aromatic carbocycles. The monoisotopic (exact) mass is 485 g/mol. The molecule has 0 aromatic heterocycles. The predicted octanol–water partition coefficient (Wildman–Crippen LogP) is 3.94. The molecule has 1 saturated heterocycles. The average Bonchev–Trinajstić information content (AvgIpc) is 3.16. The van der Waals surface area contributed by atoms with Crippen LogP contribution in [0.1, 0.15) is 34.8 Å². The van der Waals surface area contributed by atoms with Crippen LogP contribution in [-0.2, 0) is 20.9 Å². The van der Waals surface area contributed by atoms with E-state index >= 15 is 0 Å². The summed E-state index contributed by atoms with van der Waals surface area (Å²) < 4.78 is 5.26. The largest absolute Gasteiger partial charge is 0.497 e. The first kappa shape index (κ1) is 24.7. The van der Waals surface area contributed by atoms with Crippen molar-refractivity contribution in [2.24, 2.45) is 0 Å². The van der Waals surface area contributed by atoms with Crippen LogP contribution >= 0.6 is 0 Å². The number of aryl methyl sites for hydroxylation is 1. The van der Waals surface area contributed by atoms with Gasteiger partial charge in [-0.2, -0.15) is 0 Å². The minimum absolute atomic E-state index is 0.131. The van der Waals surface area contributed by atoms with Crippen molar-refractivity contribution >= 4 is 35.0 Å². The second-order valence-corrected chi connectivity index (χ2v) is 8.67. The second kappa shape index (κ2) is 10.4. The van der Waals surface area contributed by atoms with Crippen LogP contribution in [0.25, 0.3) is 0 Å². The Bertz CT molecular complexity index is 1300. The van der Waals surface area contributed by atoms with E-state index in [1.54, 1.807) is 48.5 Å². The van der Waals surface area contributed by atoms with Gasteiger partial charge in [-0.05, 0) is 55.0 Å². The van der Waals surface area contributed by atoms with Crippen molar-refractivity contribution in [3.63, 3.8) is 0 Å². The number of nitrogens with one attached hydrogen (secondary N) is 1. The van der Waals surface area contributed by atoms with Gasteiger partial charge in [-0.15, -0.1) is 0 Å². The van der Waals surface area contributed by atoms with Gasteiger partial charge in [0.2, 0.25) is 11.8 Å². The Morgan fingerprint density at radius 2 is 1.72 bits per heavy atom. The summed E-state index contributed by atoms with van der Waals surface area (Å²) in [5.74, 6) is -0.950. The zero-order valence-corrected chi connectivity index (χ0v) is 20.4. The SMILES string of the molecule is COc1cccc(C(=O)N(Cc2ccc(C)cc2)C2CC(=O)N(c3ccc(NC(C)=O)cc3)C2=O)c1. The Morgan fingerprint density at radius 3 is 2.36 bits per heavy atom. The number of hydrogen-bond acceptors (Lipinski definition) is 5. The summed E-state index contributed by atoms with van der Waals surface area (Å²) in [6.07, 6.45) is -0.131. The summed E-state index contributed by atoms with van der Waals surface area (Å²) in [5, 5.41) is 2.66. The summed E-state index contributed by atoms with van der Waals surface area (Å²) in [5.41, 5.74) is 3.21. The lowest BCUT2D eigenvalue weighted by molar-refractivity contribution is -0.122. The highest BCUT2D eigenvalue weighted by Crippen LogP contribution is 2.29. The van der Waals surface area contributed by atoms with Crippen LogP contribution in [0.4, 0.5) is 11.4 Å². The van der Waals surface area contributed by atoms with E-state index in [0.29, 0.717) is 22.7 Å². The smallest absolute Gasteiger partial charge is 0.257 e. The molecule has 1 N–H and O–H groups in total. The van der Waals surface area contributed by atoms with Crippen molar-refractivity contribution in [3.8, 4) is 5.75 Å². The van der Waals surface area contributed by atoms with Crippen molar-refractivity contribution in [2.45, 2.75) is 32.9 Å². The Morgan fingerprint density at radius 1 is 1.03 bits per heavy atom. The molecule has 1 atom stereocenters. The molecule has 0 saturated carbocycles. The lowest BCUT2D eigenvalue weighted by atomic mass is 10.1. The molecular weight excluding hydrogens is 458 g/mol. The van der Waals surface area contributed by atoms with Gasteiger partial charge < -0.3 is 15.0 Å². The number of amides is 4. The summed E-state index contributed by atoms with van der Waals surface area (Å²) in [6, 6.07) is 19.9. The van der Waals surface area contributed by atoms with Gasteiger partial charge in [0.25, 0.3) is 11.8 Å². The van der Waals surface area contributed by atoms with Crippen LogP contribution in [0.3, 0.4) is 0 Å². The van der Waals surface area contributed by atoms with E-state index in [9.17, 15) is 19.2 Å². The Hall–Kier alpha value is -4.46. The molecule has 3 aromatic rings. The normalized spacial score (nSPS) is 15.1. The first-order chi connectivity index (χ1) is 17.3. The summed E-state index contributed by atoms with van der Waals surface area (Å²) in [7, 11) is 1.52. The van der Waals surface area contributed by atoms with Crippen molar-refractivity contribution in [1.29, 1.82) is 0 Å². The molecule has 1 aliphatic heterocycles. The number of benzene rings is 3. The average molecular weight is 486 g/mol. The van der Waals surface area contributed by atoms with E-state index < -0.39 is 17.9 Å². The fourth-order valence-corrected chi connectivity index (χ4v) is 4.16. The van der Waals surface area contributed by atoms with E-state index in [4.69, 9.17) is 4.74 Å². The van der Waals surface area contributed by atoms with Gasteiger partial charge in [0.15, 0.2) is 0 Å². The fraction of sp³-hybridized carbons (Fsp3) is 0.214.